The van der Waals surface area contributed by atoms with Gasteiger partial charge in [0.25, 0.3) is 0 Å². The van der Waals surface area contributed by atoms with E-state index in [9.17, 15) is 4.79 Å². The second kappa shape index (κ2) is 6.06. The number of methoxy groups -OCH3 is 1. The van der Waals surface area contributed by atoms with E-state index >= 15 is 0 Å². The van der Waals surface area contributed by atoms with Gasteiger partial charge in [-0.1, -0.05) is 12.2 Å². The Morgan fingerprint density at radius 3 is 2.71 bits per heavy atom. The second-order valence-corrected chi connectivity index (χ2v) is 3.80. The van der Waals surface area contributed by atoms with Gasteiger partial charge in [-0.25, -0.2) is 4.79 Å². The first-order valence-corrected chi connectivity index (χ1v) is 5.36. The Morgan fingerprint density at radius 1 is 1.47 bits per heavy atom. The molecule has 1 aromatic carbocycles. The number of carbonyl (C=O) groups is 1. The van der Waals surface area contributed by atoms with Crippen molar-refractivity contribution in [1.29, 1.82) is 0 Å². The van der Waals surface area contributed by atoms with Gasteiger partial charge in [-0.2, -0.15) is 0 Å². The van der Waals surface area contributed by atoms with Crippen LogP contribution in [0.1, 0.15) is 15.9 Å². The quantitative estimate of drug-likeness (QED) is 0.802. The molecule has 2 N–H and O–H groups in total. The summed E-state index contributed by atoms with van der Waals surface area (Å²) >= 11 is 0. The fourth-order valence-corrected chi connectivity index (χ4v) is 1.54. The highest BCUT2D eigenvalue weighted by atomic mass is 16.5. The monoisotopic (exact) mass is 234 g/mol. The number of anilines is 1. The smallest absolute Gasteiger partial charge is 0.337 e. The van der Waals surface area contributed by atoms with Gasteiger partial charge >= 0.3 is 5.97 Å². The maximum absolute atomic E-state index is 11.4. The maximum atomic E-state index is 11.4. The third-order valence-electron chi connectivity index (χ3n) is 2.36. The van der Waals surface area contributed by atoms with Crippen molar-refractivity contribution in [1.82, 2.24) is 0 Å². The average Bonchev–Trinajstić information content (AvgIpc) is 2.34. The average molecular weight is 234 g/mol. The summed E-state index contributed by atoms with van der Waals surface area (Å²) < 4.78 is 4.69. The summed E-state index contributed by atoms with van der Waals surface area (Å²) in [5, 5.41) is 0. The van der Waals surface area contributed by atoms with Crippen LogP contribution in [0, 0.1) is 0 Å². The van der Waals surface area contributed by atoms with Crippen molar-refractivity contribution in [3.63, 3.8) is 0 Å². The highest BCUT2D eigenvalue weighted by Crippen LogP contribution is 2.22. The Labute approximate surface area is 102 Å². The predicted molar refractivity (Wildman–Crippen MR) is 70.2 cm³/mol. The molecule has 0 aliphatic carbocycles. The molecule has 0 radical (unpaired) electrons. The first-order valence-electron chi connectivity index (χ1n) is 5.36. The molecule has 92 valence electrons. The molecule has 1 rings (SSSR count). The molecule has 0 unspecified atom stereocenters. The summed E-state index contributed by atoms with van der Waals surface area (Å²) in [4.78, 5) is 13.4. The minimum Gasteiger partial charge on any atom is -0.465 e. The largest absolute Gasteiger partial charge is 0.465 e. The highest BCUT2D eigenvalue weighted by Gasteiger charge is 2.09. The zero-order valence-corrected chi connectivity index (χ0v) is 10.4. The van der Waals surface area contributed by atoms with Gasteiger partial charge in [0.15, 0.2) is 0 Å². The molecular formula is C13H18N2O2. The Kier molecular flexibility index (Phi) is 4.72. The molecular weight excluding hydrogens is 216 g/mol. The number of nitrogens with two attached hydrogens (primary N) is 1. The number of esters is 1. The zero-order valence-electron chi connectivity index (χ0n) is 10.4. The molecule has 0 amide bonds. The van der Waals surface area contributed by atoms with Crippen LogP contribution < -0.4 is 10.6 Å². The fraction of sp³-hybridized carbons (Fsp3) is 0.308. The van der Waals surface area contributed by atoms with E-state index < -0.39 is 0 Å². The Hall–Kier alpha value is -1.81. The van der Waals surface area contributed by atoms with Gasteiger partial charge in [0.1, 0.15) is 0 Å². The van der Waals surface area contributed by atoms with Gasteiger partial charge in [0.05, 0.1) is 12.7 Å². The van der Waals surface area contributed by atoms with Crippen molar-refractivity contribution in [3.05, 3.63) is 35.4 Å². The molecule has 0 heterocycles. The molecule has 0 aliphatic rings. The summed E-state index contributed by atoms with van der Waals surface area (Å²) in [5.74, 6) is -0.335. The van der Waals surface area contributed by atoms with Gasteiger partial charge in [-0.15, -0.1) is 0 Å². The van der Waals surface area contributed by atoms with Gasteiger partial charge in [0, 0.05) is 26.3 Å². The third-order valence-corrected chi connectivity index (χ3v) is 2.36. The van der Waals surface area contributed by atoms with E-state index in [0.29, 0.717) is 12.1 Å². The lowest BCUT2D eigenvalue weighted by molar-refractivity contribution is 0.0600. The van der Waals surface area contributed by atoms with Crippen molar-refractivity contribution in [3.8, 4) is 0 Å². The molecule has 0 atom stereocenters. The summed E-state index contributed by atoms with van der Waals surface area (Å²) in [6.07, 6.45) is 3.76. The number of hydrogen-bond donors (Lipinski definition) is 1. The summed E-state index contributed by atoms with van der Waals surface area (Å²) in [6.45, 7) is 0.468. The third kappa shape index (κ3) is 3.32. The summed E-state index contributed by atoms with van der Waals surface area (Å²) in [6, 6.07) is 5.44. The number of benzene rings is 1. The van der Waals surface area contributed by atoms with E-state index in [-0.39, 0.29) is 5.97 Å². The molecule has 0 fully saturated rings. The van der Waals surface area contributed by atoms with Crippen LogP contribution in [0.15, 0.2) is 24.3 Å². The molecule has 0 saturated heterocycles. The van der Waals surface area contributed by atoms with Crippen LogP contribution in [0.25, 0.3) is 6.08 Å². The zero-order chi connectivity index (χ0) is 12.8. The Morgan fingerprint density at radius 2 is 2.18 bits per heavy atom. The van der Waals surface area contributed by atoms with Crippen LogP contribution >= 0.6 is 0 Å². The first kappa shape index (κ1) is 13.3. The van der Waals surface area contributed by atoms with E-state index in [1.54, 1.807) is 12.1 Å². The number of rotatable bonds is 4. The molecule has 4 heteroatoms. The van der Waals surface area contributed by atoms with Crippen molar-refractivity contribution in [2.75, 3.05) is 32.6 Å². The van der Waals surface area contributed by atoms with Crippen molar-refractivity contribution >= 4 is 17.7 Å². The van der Waals surface area contributed by atoms with Crippen LogP contribution in [0.3, 0.4) is 0 Å². The van der Waals surface area contributed by atoms with Gasteiger partial charge in [0.2, 0.25) is 0 Å². The molecule has 1 aromatic rings. The topological polar surface area (TPSA) is 55.6 Å². The number of hydrogen-bond acceptors (Lipinski definition) is 4. The van der Waals surface area contributed by atoms with E-state index in [1.807, 2.05) is 37.2 Å². The first-order chi connectivity index (χ1) is 8.10. The summed E-state index contributed by atoms with van der Waals surface area (Å²) in [5.41, 5.74) is 7.95. The standard InChI is InChI=1S/C13H18N2O2/c1-15(2)12-7-6-11(13(16)17-3)9-10(12)5-4-8-14/h4-7,9H,8,14H2,1-3H3/b5-4+. The summed E-state index contributed by atoms with van der Waals surface area (Å²) in [7, 11) is 5.28. The van der Waals surface area contributed by atoms with E-state index in [4.69, 9.17) is 10.5 Å². The normalized spacial score (nSPS) is 10.6. The van der Waals surface area contributed by atoms with Crippen LogP contribution in [0.4, 0.5) is 5.69 Å². The minimum atomic E-state index is -0.335. The van der Waals surface area contributed by atoms with E-state index in [0.717, 1.165) is 11.3 Å². The molecule has 0 aromatic heterocycles. The second-order valence-electron chi connectivity index (χ2n) is 3.80. The molecule has 0 spiro atoms. The van der Waals surface area contributed by atoms with Gasteiger partial charge in [-0.3, -0.25) is 0 Å². The SMILES string of the molecule is COC(=O)c1ccc(N(C)C)c(/C=C/CN)c1. The molecule has 0 bridgehead atoms. The van der Waals surface area contributed by atoms with E-state index in [2.05, 4.69) is 0 Å². The van der Waals surface area contributed by atoms with Crippen LogP contribution in [-0.2, 0) is 4.74 Å². The van der Waals surface area contributed by atoms with Crippen LogP contribution in [0.5, 0.6) is 0 Å². The molecule has 4 nitrogen and oxygen atoms in total. The minimum absolute atomic E-state index is 0.335. The predicted octanol–water partition coefficient (Wildman–Crippen LogP) is 1.51. The maximum Gasteiger partial charge on any atom is 0.337 e. The highest BCUT2D eigenvalue weighted by molar-refractivity contribution is 5.91. The molecule has 17 heavy (non-hydrogen) atoms. The molecule has 0 aliphatic heterocycles. The van der Waals surface area contributed by atoms with Crippen molar-refractivity contribution in [2.45, 2.75) is 0 Å². The van der Waals surface area contributed by atoms with Crippen LogP contribution in [0.2, 0.25) is 0 Å². The lowest BCUT2D eigenvalue weighted by atomic mass is 10.1. The van der Waals surface area contributed by atoms with Crippen molar-refractivity contribution in [2.24, 2.45) is 5.73 Å². The van der Waals surface area contributed by atoms with Crippen molar-refractivity contribution < 1.29 is 9.53 Å². The van der Waals surface area contributed by atoms with Gasteiger partial charge < -0.3 is 15.4 Å². The number of carbonyl (C=O) groups excluding carboxylic acids is 1. The van der Waals surface area contributed by atoms with Crippen LogP contribution in [-0.4, -0.2) is 33.7 Å². The Bertz CT molecular complexity index is 425. The molecule has 0 saturated carbocycles. The van der Waals surface area contributed by atoms with E-state index in [1.165, 1.54) is 7.11 Å². The number of ether oxygens (including phenoxy) is 1. The lowest BCUT2D eigenvalue weighted by Crippen LogP contribution is -2.11. The Balaban J connectivity index is 3.19. The lowest BCUT2D eigenvalue weighted by Gasteiger charge is -2.16. The number of nitrogens with zero attached hydrogens (tertiary/aromatic N) is 1. The van der Waals surface area contributed by atoms with Gasteiger partial charge in [-0.05, 0) is 23.8 Å². The fourth-order valence-electron chi connectivity index (χ4n) is 1.54.